The summed E-state index contributed by atoms with van der Waals surface area (Å²) in [6.07, 6.45) is 0.280. The number of halogens is 3. The van der Waals surface area contributed by atoms with Crippen LogP contribution in [0.25, 0.3) is 0 Å². The number of ether oxygens (including phenoxy) is 1. The van der Waals surface area contributed by atoms with Crippen LogP contribution in [0.3, 0.4) is 0 Å². The van der Waals surface area contributed by atoms with Crippen molar-refractivity contribution in [1.82, 2.24) is 5.32 Å². The molecule has 1 aromatic rings. The minimum atomic E-state index is -1.66. The van der Waals surface area contributed by atoms with E-state index < -0.39 is 29.1 Å². The number of hydrogen-bond donors (Lipinski definition) is 1. The first-order valence-corrected chi connectivity index (χ1v) is 4.52. The molecular weight excluding hydrogens is 261 g/mol. The molecule has 0 aliphatic heterocycles. The van der Waals surface area contributed by atoms with Gasteiger partial charge in [0.1, 0.15) is 7.85 Å². The summed E-state index contributed by atoms with van der Waals surface area (Å²) in [5.74, 6) is -5.93. The van der Waals surface area contributed by atoms with Crippen molar-refractivity contribution in [3.05, 3.63) is 29.1 Å². The van der Waals surface area contributed by atoms with E-state index in [-0.39, 0.29) is 63.4 Å². The van der Waals surface area contributed by atoms with Crippen LogP contribution in [0.5, 0.6) is 5.75 Å². The first-order chi connectivity index (χ1) is 7.52. The molecule has 8 heteroatoms. The third kappa shape index (κ3) is 3.72. The number of carbonyl (C=O) groups excluding carboxylic acids is 1. The van der Waals surface area contributed by atoms with E-state index in [1.807, 2.05) is 0 Å². The van der Waals surface area contributed by atoms with Gasteiger partial charge < -0.3 is 10.1 Å². The molecule has 0 fully saturated rings. The first kappa shape index (κ1) is 17.0. The van der Waals surface area contributed by atoms with E-state index in [2.05, 4.69) is 10.1 Å². The van der Waals surface area contributed by atoms with Crippen LogP contribution in [0.2, 0.25) is 0 Å². The molecule has 0 saturated heterocycles. The Kier molecular flexibility index (Phi) is 7.42. The summed E-state index contributed by atoms with van der Waals surface area (Å²) in [6, 6.07) is 0.599. The van der Waals surface area contributed by atoms with Crippen molar-refractivity contribution in [2.45, 2.75) is 0 Å². The van der Waals surface area contributed by atoms with Crippen LogP contribution < -0.4 is 10.1 Å². The van der Waals surface area contributed by atoms with E-state index in [0.29, 0.717) is 6.07 Å². The molecule has 1 N–H and O–H groups in total. The average molecular weight is 270 g/mol. The van der Waals surface area contributed by atoms with Gasteiger partial charge in [0.2, 0.25) is 5.82 Å². The van der Waals surface area contributed by atoms with Crippen LogP contribution in [0.1, 0.15) is 10.4 Å². The normalized spacial score (nSPS) is 9.41. The summed E-state index contributed by atoms with van der Waals surface area (Å²) in [4.78, 5) is 11.4. The Hall–Kier alpha value is -0.0187. The van der Waals surface area contributed by atoms with Gasteiger partial charge in [0.05, 0.1) is 12.7 Å². The molecule has 17 heavy (non-hydrogen) atoms. The van der Waals surface area contributed by atoms with Crippen molar-refractivity contribution in [3.63, 3.8) is 0 Å². The molecule has 0 aromatic heterocycles. The number of benzene rings is 1. The van der Waals surface area contributed by atoms with Gasteiger partial charge in [0.25, 0.3) is 5.91 Å². The zero-order valence-corrected chi connectivity index (χ0v) is 12.9. The Bertz CT molecular complexity index is 431. The zero-order valence-electron chi connectivity index (χ0n) is 9.73. The van der Waals surface area contributed by atoms with Gasteiger partial charge in [-0.25, -0.2) is 8.78 Å². The molecule has 0 aliphatic rings. The predicted octanol–water partition coefficient (Wildman–Crippen LogP) is 0.0521. The summed E-state index contributed by atoms with van der Waals surface area (Å²) < 4.78 is 43.5. The third-order valence-electron chi connectivity index (χ3n) is 1.90. The molecule has 0 aliphatic carbocycles. The standard InChI is InChI=1S/C9H9BF3NO2.K/c1-16-8-4(9(15)14-3-10)2-5(11)6(12)7(8)13;/h2H,3,10H2,1H3,(H,14,15);. The van der Waals surface area contributed by atoms with Gasteiger partial charge >= 0.3 is 0 Å². The maximum atomic E-state index is 13.2. The maximum absolute atomic E-state index is 13.2. The molecule has 1 rings (SSSR count). The average Bonchev–Trinajstić information content (AvgIpc) is 2.26. The maximum Gasteiger partial charge on any atom is 0.254 e. The van der Waals surface area contributed by atoms with Gasteiger partial charge in [-0.1, -0.05) is 0 Å². The second kappa shape index (κ2) is 7.42. The fraction of sp³-hybridized carbons (Fsp3) is 0.222. The summed E-state index contributed by atoms with van der Waals surface area (Å²) in [6.45, 7) is 0. The van der Waals surface area contributed by atoms with Gasteiger partial charge in [0, 0.05) is 51.4 Å². The number of carbonyl (C=O) groups is 1. The zero-order chi connectivity index (χ0) is 12.3. The van der Waals surface area contributed by atoms with E-state index in [0.717, 1.165) is 7.11 Å². The molecule has 1 amide bonds. The van der Waals surface area contributed by atoms with Crippen LogP contribution in [-0.4, -0.2) is 78.7 Å². The summed E-state index contributed by atoms with van der Waals surface area (Å²) in [7, 11) is 2.71. The van der Waals surface area contributed by atoms with Gasteiger partial charge in [-0.3, -0.25) is 4.79 Å². The number of methoxy groups -OCH3 is 1. The van der Waals surface area contributed by atoms with Crippen molar-refractivity contribution in [3.8, 4) is 5.75 Å². The van der Waals surface area contributed by atoms with Crippen LogP contribution in [0.4, 0.5) is 13.2 Å². The quantitative estimate of drug-likeness (QED) is 0.622. The monoisotopic (exact) mass is 270 g/mol. The van der Waals surface area contributed by atoms with Crippen molar-refractivity contribution >= 4 is 65.1 Å². The van der Waals surface area contributed by atoms with Crippen molar-refractivity contribution < 1.29 is 22.7 Å². The molecule has 1 aromatic carbocycles. The molecule has 87 valence electrons. The Labute approximate surface area is 140 Å². The van der Waals surface area contributed by atoms with Gasteiger partial charge in [0.15, 0.2) is 17.4 Å². The van der Waals surface area contributed by atoms with Crippen LogP contribution >= 0.6 is 0 Å². The minimum absolute atomic E-state index is 0. The summed E-state index contributed by atoms with van der Waals surface area (Å²) in [5, 5.41) is 2.34. The first-order valence-electron chi connectivity index (χ1n) is 4.52. The largest absolute Gasteiger partial charge is 0.493 e. The summed E-state index contributed by atoms with van der Waals surface area (Å²) >= 11 is 0. The molecule has 0 heterocycles. The second-order valence-corrected chi connectivity index (χ2v) is 2.93. The predicted molar refractivity (Wildman–Crippen MR) is 59.5 cm³/mol. The SMILES string of the molecule is BCNC(=O)c1cc(F)c(F)c(F)c1OC.[K]. The fourth-order valence-corrected chi connectivity index (χ4v) is 1.20. The topological polar surface area (TPSA) is 38.3 Å². The third-order valence-corrected chi connectivity index (χ3v) is 1.90. The van der Waals surface area contributed by atoms with Crippen molar-refractivity contribution in [2.24, 2.45) is 0 Å². The Morgan fingerprint density at radius 3 is 2.47 bits per heavy atom. The van der Waals surface area contributed by atoms with Gasteiger partial charge in [-0.05, 0) is 12.5 Å². The summed E-state index contributed by atoms with van der Waals surface area (Å²) in [5.41, 5.74) is -0.374. The smallest absolute Gasteiger partial charge is 0.254 e. The molecule has 1 radical (unpaired) electrons. The molecule has 0 spiro atoms. The van der Waals surface area contributed by atoms with Crippen LogP contribution in [-0.2, 0) is 0 Å². The van der Waals surface area contributed by atoms with E-state index in [1.165, 1.54) is 0 Å². The molecule has 0 atom stereocenters. The molecule has 0 unspecified atom stereocenters. The van der Waals surface area contributed by atoms with Crippen molar-refractivity contribution in [1.29, 1.82) is 0 Å². The fourth-order valence-electron chi connectivity index (χ4n) is 1.20. The molecule has 0 bridgehead atoms. The number of rotatable bonds is 3. The number of amides is 1. The molecule has 0 saturated carbocycles. The van der Waals surface area contributed by atoms with E-state index in [1.54, 1.807) is 7.85 Å². The second-order valence-electron chi connectivity index (χ2n) is 2.93. The minimum Gasteiger partial charge on any atom is -0.493 e. The van der Waals surface area contributed by atoms with E-state index in [9.17, 15) is 18.0 Å². The molecule has 3 nitrogen and oxygen atoms in total. The van der Waals surface area contributed by atoms with Gasteiger partial charge in [-0.2, -0.15) is 4.39 Å². The van der Waals surface area contributed by atoms with Crippen LogP contribution in [0.15, 0.2) is 6.07 Å². The van der Waals surface area contributed by atoms with Crippen molar-refractivity contribution in [2.75, 3.05) is 13.6 Å². The number of nitrogens with one attached hydrogen (secondary N) is 1. The van der Waals surface area contributed by atoms with Crippen LogP contribution in [0, 0.1) is 17.5 Å². The Morgan fingerprint density at radius 2 is 2.00 bits per heavy atom. The molecular formula is C9H9BF3KNO2. The Morgan fingerprint density at radius 1 is 1.41 bits per heavy atom. The van der Waals surface area contributed by atoms with E-state index >= 15 is 0 Å². The van der Waals surface area contributed by atoms with Gasteiger partial charge in [-0.15, -0.1) is 0 Å². The number of hydrogen-bond acceptors (Lipinski definition) is 2. The Balaban J connectivity index is 0.00000256. The van der Waals surface area contributed by atoms with E-state index in [4.69, 9.17) is 0 Å².